The largest absolute Gasteiger partial charge is 0.393 e. The van der Waals surface area contributed by atoms with Gasteiger partial charge in [-0.25, -0.2) is 5.53 Å². The Kier molecular flexibility index (Phi) is 3.28. The zero-order valence-corrected chi connectivity index (χ0v) is 12.4. The van der Waals surface area contributed by atoms with Gasteiger partial charge >= 0.3 is 15.9 Å². The van der Waals surface area contributed by atoms with Gasteiger partial charge in [-0.3, -0.25) is 0 Å². The smallest absolute Gasteiger partial charge is 0.204 e. The van der Waals surface area contributed by atoms with Crippen LogP contribution < -0.4 is 0 Å². The molecule has 0 radical (unpaired) electrons. The monoisotopic (exact) mass is 349 g/mol. The van der Waals surface area contributed by atoms with Gasteiger partial charge in [-0.1, -0.05) is 31.6 Å². The van der Waals surface area contributed by atoms with Crippen LogP contribution in [0.15, 0.2) is 46.4 Å². The standard InChI is InChI=1S/C13H10F5N4S/c1-8-2-4-10(12(6-8)21-19)11-5-3-9(7-13(11)22-20)23(14,15,16,17)18/h2-7,20H,1H3/q+1. The highest BCUT2D eigenvalue weighted by Crippen LogP contribution is 3.02. The summed E-state index contributed by atoms with van der Waals surface area (Å²) in [4.78, 5) is 0.885. The number of benzene rings is 2. The molecule has 0 spiro atoms. The quantitative estimate of drug-likeness (QED) is 0.349. The molecule has 10 heteroatoms. The van der Waals surface area contributed by atoms with E-state index in [1.165, 1.54) is 12.1 Å². The Balaban J connectivity index is 2.74. The maximum Gasteiger partial charge on any atom is 0.393 e. The molecule has 0 aliphatic rings. The zero-order chi connectivity index (χ0) is 17.5. The van der Waals surface area contributed by atoms with Crippen molar-refractivity contribution in [3.63, 3.8) is 0 Å². The van der Waals surface area contributed by atoms with Crippen molar-refractivity contribution in [3.05, 3.63) is 46.9 Å². The highest BCUT2D eigenvalue weighted by Gasteiger charge is 2.65. The third-order valence-corrected chi connectivity index (χ3v) is 4.23. The Morgan fingerprint density at radius 2 is 1.61 bits per heavy atom. The van der Waals surface area contributed by atoms with Crippen LogP contribution in [0.1, 0.15) is 5.56 Å². The normalized spacial score (nSPS) is 14.5. The summed E-state index contributed by atoms with van der Waals surface area (Å²) in [5, 5.41) is 11.9. The Hall–Kier alpha value is -2.54. The summed E-state index contributed by atoms with van der Waals surface area (Å²) in [6.45, 7) is 1.70. The second-order valence-electron chi connectivity index (χ2n) is 4.88. The first-order valence-corrected chi connectivity index (χ1v) is 8.02. The van der Waals surface area contributed by atoms with Gasteiger partial charge in [0.25, 0.3) is 0 Å². The highest BCUT2D eigenvalue weighted by molar-refractivity contribution is 8.45. The lowest BCUT2D eigenvalue weighted by Crippen LogP contribution is -2.05. The number of hydrogen-bond donors (Lipinski definition) is 1. The SMILES string of the molecule is Cc1ccc(-c2ccc(S(F)(F)(F)(F)F)cc2N=N)c([N+]#N)c1. The van der Waals surface area contributed by atoms with Crippen LogP contribution in [0, 0.1) is 17.8 Å². The first-order valence-electron chi connectivity index (χ1n) is 6.07. The molecule has 2 aromatic rings. The lowest BCUT2D eigenvalue weighted by atomic mass is 10.0. The number of halogens is 5. The van der Waals surface area contributed by atoms with Crippen molar-refractivity contribution in [1.82, 2.24) is 0 Å². The van der Waals surface area contributed by atoms with E-state index in [9.17, 15) is 19.4 Å². The molecule has 0 unspecified atom stereocenters. The summed E-state index contributed by atoms with van der Waals surface area (Å²) < 4.78 is 64.2. The van der Waals surface area contributed by atoms with Gasteiger partial charge in [0.05, 0.1) is 11.3 Å². The third kappa shape index (κ3) is 3.45. The molecule has 0 aliphatic heterocycles. The minimum atomic E-state index is -9.86. The maximum atomic E-state index is 12.8. The van der Waals surface area contributed by atoms with E-state index >= 15 is 0 Å². The molecule has 4 nitrogen and oxygen atoms in total. The number of nitrogens with one attached hydrogen (secondary N) is 1. The van der Waals surface area contributed by atoms with E-state index in [1.54, 1.807) is 13.0 Å². The molecule has 23 heavy (non-hydrogen) atoms. The van der Waals surface area contributed by atoms with Crippen molar-refractivity contribution in [2.24, 2.45) is 5.11 Å². The third-order valence-electron chi connectivity index (χ3n) is 3.09. The molecule has 2 rings (SSSR count). The van der Waals surface area contributed by atoms with Crippen LogP contribution in [-0.2, 0) is 0 Å². The fourth-order valence-corrected chi connectivity index (χ4v) is 2.68. The van der Waals surface area contributed by atoms with Gasteiger partial charge in [0.15, 0.2) is 4.98 Å². The molecule has 0 aromatic heterocycles. The molecular formula is C13H10F5N4S+. The van der Waals surface area contributed by atoms with Gasteiger partial charge in [0, 0.05) is 11.6 Å². The second kappa shape index (κ2) is 4.48. The summed E-state index contributed by atoms with van der Waals surface area (Å²) >= 11 is 0. The van der Waals surface area contributed by atoms with Crippen molar-refractivity contribution in [3.8, 4) is 11.1 Å². The molecule has 0 saturated heterocycles. The molecule has 0 amide bonds. The predicted octanol–water partition coefficient (Wildman–Crippen LogP) is 7.47. The van der Waals surface area contributed by atoms with Crippen molar-refractivity contribution in [2.45, 2.75) is 11.8 Å². The second-order valence-corrected chi connectivity index (χ2v) is 7.29. The average Bonchev–Trinajstić information content (AvgIpc) is 2.44. The topological polar surface area (TPSA) is 64.4 Å². The summed E-state index contributed by atoms with van der Waals surface area (Å²) in [7, 11) is -9.86. The molecule has 0 atom stereocenters. The molecule has 0 fully saturated rings. The maximum absolute atomic E-state index is 12.8. The molecule has 0 bridgehead atoms. The van der Waals surface area contributed by atoms with Crippen LogP contribution in [0.5, 0.6) is 0 Å². The number of aryl methyl sites for hydroxylation is 1. The van der Waals surface area contributed by atoms with Gasteiger partial charge in [0.2, 0.25) is 5.39 Å². The minimum Gasteiger partial charge on any atom is -0.204 e. The van der Waals surface area contributed by atoms with Gasteiger partial charge in [0.1, 0.15) is 4.90 Å². The van der Waals surface area contributed by atoms with Gasteiger partial charge < -0.3 is 0 Å². The summed E-state index contributed by atoms with van der Waals surface area (Å²) in [5.41, 5.74) is 7.23. The van der Waals surface area contributed by atoms with Crippen LogP contribution >= 0.6 is 10.2 Å². The number of hydrogen-bond acceptors (Lipinski definition) is 3. The van der Waals surface area contributed by atoms with Crippen LogP contribution in [0.4, 0.5) is 30.8 Å². The van der Waals surface area contributed by atoms with E-state index in [-0.39, 0.29) is 28.9 Å². The molecule has 1 N–H and O–H groups in total. The van der Waals surface area contributed by atoms with Crippen LogP contribution in [0.3, 0.4) is 0 Å². The molecule has 0 aliphatic carbocycles. The first kappa shape index (κ1) is 16.8. The summed E-state index contributed by atoms with van der Waals surface area (Å²) in [6, 6.07) is 5.60. The number of diazo groups is 1. The van der Waals surface area contributed by atoms with Gasteiger partial charge in [-0.05, 0) is 30.7 Å². The Morgan fingerprint density at radius 1 is 1.00 bits per heavy atom. The van der Waals surface area contributed by atoms with Gasteiger partial charge in [-0.15, -0.1) is 0 Å². The highest BCUT2D eigenvalue weighted by atomic mass is 32.5. The Bertz CT molecular complexity index is 856. The molecule has 0 saturated carbocycles. The lowest BCUT2D eigenvalue weighted by Gasteiger charge is -2.40. The predicted molar refractivity (Wildman–Crippen MR) is 77.6 cm³/mol. The van der Waals surface area contributed by atoms with Crippen LogP contribution in [-0.4, -0.2) is 0 Å². The number of nitrogens with zero attached hydrogens (tertiary/aromatic N) is 3. The van der Waals surface area contributed by atoms with E-state index < -0.39 is 20.8 Å². The Morgan fingerprint density at radius 3 is 2.13 bits per heavy atom. The van der Waals surface area contributed by atoms with E-state index in [4.69, 9.17) is 10.9 Å². The van der Waals surface area contributed by atoms with E-state index in [0.717, 1.165) is 11.6 Å². The van der Waals surface area contributed by atoms with Crippen LogP contribution in [0.2, 0.25) is 0 Å². The average molecular weight is 349 g/mol. The molecular weight excluding hydrogens is 339 g/mol. The van der Waals surface area contributed by atoms with Crippen LogP contribution in [0.25, 0.3) is 16.1 Å². The fourth-order valence-electron chi connectivity index (χ4n) is 2.02. The van der Waals surface area contributed by atoms with E-state index in [2.05, 4.69) is 10.1 Å². The molecule has 122 valence electrons. The number of rotatable bonds is 3. The van der Waals surface area contributed by atoms with Gasteiger partial charge in [-0.2, -0.15) is 5.11 Å². The van der Waals surface area contributed by atoms with E-state index in [0.29, 0.717) is 0 Å². The Labute approximate surface area is 127 Å². The fraction of sp³-hybridized carbons (Fsp3) is 0.0769. The van der Waals surface area contributed by atoms with Crippen molar-refractivity contribution >= 4 is 21.6 Å². The molecule has 2 aromatic carbocycles. The van der Waals surface area contributed by atoms with Crippen molar-refractivity contribution in [1.29, 1.82) is 10.9 Å². The first-order chi connectivity index (χ1) is 10.4. The van der Waals surface area contributed by atoms with E-state index in [1.807, 2.05) is 0 Å². The lowest BCUT2D eigenvalue weighted by molar-refractivity contribution is 0.364. The summed E-state index contributed by atoms with van der Waals surface area (Å²) in [5.74, 6) is 0. The van der Waals surface area contributed by atoms with Crippen molar-refractivity contribution < 1.29 is 19.4 Å². The minimum absolute atomic E-state index is 0.0231. The molecule has 0 heterocycles. The summed E-state index contributed by atoms with van der Waals surface area (Å²) in [6.07, 6.45) is 0. The van der Waals surface area contributed by atoms with Crippen molar-refractivity contribution in [2.75, 3.05) is 0 Å². The zero-order valence-electron chi connectivity index (χ0n) is 11.6.